The second kappa shape index (κ2) is 5.89. The van der Waals surface area contributed by atoms with Crippen molar-refractivity contribution in [3.63, 3.8) is 0 Å². The predicted octanol–water partition coefficient (Wildman–Crippen LogP) is 3.62. The van der Waals surface area contributed by atoms with Crippen LogP contribution in [0, 0.1) is 6.92 Å². The lowest BCUT2D eigenvalue weighted by Crippen LogP contribution is -2.15. The van der Waals surface area contributed by atoms with Gasteiger partial charge in [-0.3, -0.25) is 0 Å². The van der Waals surface area contributed by atoms with Gasteiger partial charge in [-0.1, -0.05) is 31.4 Å². The third-order valence-electron chi connectivity index (χ3n) is 4.54. The van der Waals surface area contributed by atoms with E-state index in [4.69, 9.17) is 5.14 Å². The quantitative estimate of drug-likeness (QED) is 0.939. The van der Waals surface area contributed by atoms with Gasteiger partial charge in [-0.25, -0.2) is 13.6 Å². The lowest BCUT2D eigenvalue weighted by Gasteiger charge is -2.27. The molecule has 0 aliphatic heterocycles. The van der Waals surface area contributed by atoms with Crippen molar-refractivity contribution in [3.8, 4) is 11.3 Å². The topological polar surface area (TPSA) is 65.1 Å². The molecule has 1 heterocycles. The highest BCUT2D eigenvalue weighted by Gasteiger charge is 2.20. The first-order valence-electron chi connectivity index (χ1n) is 7.78. The van der Waals surface area contributed by atoms with Crippen LogP contribution in [0.25, 0.3) is 11.3 Å². The second-order valence-electron chi connectivity index (χ2n) is 6.09. The van der Waals surface area contributed by atoms with Gasteiger partial charge < -0.3 is 4.57 Å². The van der Waals surface area contributed by atoms with Gasteiger partial charge in [-0.15, -0.1) is 0 Å². The van der Waals surface area contributed by atoms with Gasteiger partial charge >= 0.3 is 0 Å². The van der Waals surface area contributed by atoms with Crippen molar-refractivity contribution >= 4 is 10.0 Å². The Morgan fingerprint density at radius 2 is 1.64 bits per heavy atom. The zero-order chi connectivity index (χ0) is 15.7. The molecule has 1 aromatic carbocycles. The highest BCUT2D eigenvalue weighted by atomic mass is 32.2. The number of sulfonamides is 1. The highest BCUT2D eigenvalue weighted by molar-refractivity contribution is 7.89. The first-order valence-corrected chi connectivity index (χ1v) is 9.32. The summed E-state index contributed by atoms with van der Waals surface area (Å²) in [5.74, 6) is 0. The van der Waals surface area contributed by atoms with E-state index in [1.807, 2.05) is 12.1 Å². The van der Waals surface area contributed by atoms with Crippen molar-refractivity contribution in [2.45, 2.75) is 50.0 Å². The Morgan fingerprint density at radius 1 is 1.00 bits per heavy atom. The first kappa shape index (κ1) is 15.3. The Kier molecular flexibility index (Phi) is 4.10. The predicted molar refractivity (Wildman–Crippen MR) is 88.1 cm³/mol. The number of nitrogens with zero attached hydrogens (tertiary/aromatic N) is 1. The van der Waals surface area contributed by atoms with Crippen molar-refractivity contribution < 1.29 is 8.42 Å². The van der Waals surface area contributed by atoms with E-state index < -0.39 is 10.0 Å². The van der Waals surface area contributed by atoms with E-state index in [0.717, 1.165) is 11.3 Å². The Morgan fingerprint density at radius 3 is 2.23 bits per heavy atom. The summed E-state index contributed by atoms with van der Waals surface area (Å²) in [5.41, 5.74) is 3.45. The van der Waals surface area contributed by atoms with Crippen LogP contribution >= 0.6 is 0 Å². The van der Waals surface area contributed by atoms with E-state index in [1.54, 1.807) is 12.1 Å². The number of aryl methyl sites for hydroxylation is 1. The third kappa shape index (κ3) is 2.96. The molecule has 1 saturated carbocycles. The molecule has 1 aliphatic rings. The number of hydrogen-bond donors (Lipinski definition) is 1. The van der Waals surface area contributed by atoms with Gasteiger partial charge in [0.2, 0.25) is 10.0 Å². The van der Waals surface area contributed by atoms with Crippen LogP contribution in [0.3, 0.4) is 0 Å². The number of primary sulfonamides is 1. The zero-order valence-corrected chi connectivity index (χ0v) is 13.6. The molecule has 0 bridgehead atoms. The molecule has 0 atom stereocenters. The monoisotopic (exact) mass is 318 g/mol. The summed E-state index contributed by atoms with van der Waals surface area (Å²) in [6.45, 7) is 2.14. The third-order valence-corrected chi connectivity index (χ3v) is 5.47. The lowest BCUT2D eigenvalue weighted by molar-refractivity contribution is 0.352. The molecule has 3 rings (SSSR count). The van der Waals surface area contributed by atoms with Gasteiger partial charge in [0.05, 0.1) is 4.90 Å². The van der Waals surface area contributed by atoms with Crippen LogP contribution in [-0.2, 0) is 10.0 Å². The van der Waals surface area contributed by atoms with Crippen LogP contribution in [-0.4, -0.2) is 13.0 Å². The maximum absolute atomic E-state index is 11.4. The number of rotatable bonds is 3. The van der Waals surface area contributed by atoms with Gasteiger partial charge in [-0.05, 0) is 49.6 Å². The van der Waals surface area contributed by atoms with Crippen LogP contribution < -0.4 is 5.14 Å². The molecule has 1 aliphatic carbocycles. The Balaban J connectivity index is 1.98. The van der Waals surface area contributed by atoms with Crippen molar-refractivity contribution in [1.29, 1.82) is 0 Å². The Labute approximate surface area is 132 Å². The van der Waals surface area contributed by atoms with Crippen LogP contribution in [0.15, 0.2) is 41.3 Å². The second-order valence-corrected chi connectivity index (χ2v) is 7.65. The standard InChI is InChI=1S/C17H22N2O2S/c1-13-7-12-17(19(13)15-5-3-2-4-6-15)14-8-10-16(11-9-14)22(18,20)21/h7-12,15H,2-6H2,1H3,(H2,18,20,21). The van der Waals surface area contributed by atoms with E-state index >= 15 is 0 Å². The van der Waals surface area contributed by atoms with E-state index in [1.165, 1.54) is 37.8 Å². The fourth-order valence-electron chi connectivity index (χ4n) is 3.42. The summed E-state index contributed by atoms with van der Waals surface area (Å²) in [6, 6.07) is 11.7. The fourth-order valence-corrected chi connectivity index (χ4v) is 3.94. The van der Waals surface area contributed by atoms with Crippen molar-refractivity contribution in [2.24, 2.45) is 5.14 Å². The molecule has 0 amide bonds. The summed E-state index contributed by atoms with van der Waals surface area (Å²) in [7, 11) is -3.63. The van der Waals surface area contributed by atoms with E-state index in [9.17, 15) is 8.42 Å². The molecule has 0 saturated heterocycles. The lowest BCUT2D eigenvalue weighted by atomic mass is 9.94. The van der Waals surface area contributed by atoms with Gasteiger partial charge in [0.1, 0.15) is 0 Å². The zero-order valence-electron chi connectivity index (χ0n) is 12.8. The van der Waals surface area contributed by atoms with E-state index in [-0.39, 0.29) is 4.90 Å². The fraction of sp³-hybridized carbons (Fsp3) is 0.412. The molecule has 118 valence electrons. The summed E-state index contributed by atoms with van der Waals surface area (Å²) in [6.07, 6.45) is 6.34. The summed E-state index contributed by atoms with van der Waals surface area (Å²) >= 11 is 0. The Bertz CT molecular complexity index is 754. The number of benzene rings is 1. The van der Waals surface area contributed by atoms with Crippen LogP contribution in [0.2, 0.25) is 0 Å². The molecule has 0 spiro atoms. The molecule has 22 heavy (non-hydrogen) atoms. The molecule has 1 fully saturated rings. The molecule has 0 radical (unpaired) electrons. The van der Waals surface area contributed by atoms with Crippen LogP contribution in [0.5, 0.6) is 0 Å². The average molecular weight is 318 g/mol. The van der Waals surface area contributed by atoms with Gasteiger partial charge in [0.25, 0.3) is 0 Å². The van der Waals surface area contributed by atoms with Gasteiger partial charge in [0.15, 0.2) is 0 Å². The minimum atomic E-state index is -3.63. The molecular formula is C17H22N2O2S. The first-order chi connectivity index (χ1) is 10.5. The van der Waals surface area contributed by atoms with Crippen molar-refractivity contribution in [1.82, 2.24) is 4.57 Å². The highest BCUT2D eigenvalue weighted by Crippen LogP contribution is 2.34. The molecule has 1 aromatic heterocycles. The summed E-state index contributed by atoms with van der Waals surface area (Å²) in [4.78, 5) is 0.156. The molecule has 2 aromatic rings. The average Bonchev–Trinajstić information content (AvgIpc) is 2.89. The minimum Gasteiger partial charge on any atom is -0.342 e. The minimum absolute atomic E-state index is 0.156. The summed E-state index contributed by atoms with van der Waals surface area (Å²) < 4.78 is 25.2. The molecular weight excluding hydrogens is 296 g/mol. The van der Waals surface area contributed by atoms with Crippen LogP contribution in [0.1, 0.15) is 43.8 Å². The SMILES string of the molecule is Cc1ccc(-c2ccc(S(N)(=O)=O)cc2)n1C1CCCCC1. The molecule has 4 nitrogen and oxygen atoms in total. The Hall–Kier alpha value is -1.59. The van der Waals surface area contributed by atoms with Crippen molar-refractivity contribution in [3.05, 3.63) is 42.1 Å². The van der Waals surface area contributed by atoms with Gasteiger partial charge in [0, 0.05) is 17.4 Å². The largest absolute Gasteiger partial charge is 0.342 e. The molecule has 0 unspecified atom stereocenters. The maximum Gasteiger partial charge on any atom is 0.238 e. The molecule has 5 heteroatoms. The number of hydrogen-bond acceptors (Lipinski definition) is 2. The van der Waals surface area contributed by atoms with E-state index in [2.05, 4.69) is 23.6 Å². The summed E-state index contributed by atoms with van der Waals surface area (Å²) in [5, 5.41) is 5.16. The molecule has 2 N–H and O–H groups in total. The van der Waals surface area contributed by atoms with Crippen molar-refractivity contribution in [2.75, 3.05) is 0 Å². The maximum atomic E-state index is 11.4. The van der Waals surface area contributed by atoms with E-state index in [0.29, 0.717) is 6.04 Å². The smallest absolute Gasteiger partial charge is 0.238 e. The number of nitrogens with two attached hydrogens (primary N) is 1. The normalized spacial score (nSPS) is 16.8. The number of aromatic nitrogens is 1. The van der Waals surface area contributed by atoms with Gasteiger partial charge in [-0.2, -0.15) is 0 Å². The van der Waals surface area contributed by atoms with Crippen LogP contribution in [0.4, 0.5) is 0 Å².